The van der Waals surface area contributed by atoms with E-state index in [4.69, 9.17) is 4.42 Å². The molecule has 2 amide bonds. The Balaban J connectivity index is 1.57. The van der Waals surface area contributed by atoms with Gasteiger partial charge in [0.1, 0.15) is 11.2 Å². The molecule has 1 fully saturated rings. The summed E-state index contributed by atoms with van der Waals surface area (Å²) in [5.74, 6) is -0.257. The Kier molecular flexibility index (Phi) is 5.55. The number of aryl methyl sites for hydroxylation is 2. The first kappa shape index (κ1) is 21.8. The van der Waals surface area contributed by atoms with Crippen molar-refractivity contribution in [2.75, 3.05) is 4.90 Å². The fourth-order valence-electron chi connectivity index (χ4n) is 5.59. The van der Waals surface area contributed by atoms with E-state index in [0.29, 0.717) is 17.8 Å². The van der Waals surface area contributed by atoms with Gasteiger partial charge in [0.25, 0.3) is 5.91 Å². The number of nitrogens with one attached hydrogen (secondary N) is 1. The van der Waals surface area contributed by atoms with Crippen LogP contribution in [0.3, 0.4) is 0 Å². The second-order valence-electron chi connectivity index (χ2n) is 10.0. The van der Waals surface area contributed by atoms with Gasteiger partial charge in [0.05, 0.1) is 18.3 Å². The zero-order valence-electron chi connectivity index (χ0n) is 19.8. The lowest BCUT2D eigenvalue weighted by Crippen LogP contribution is -2.65. The van der Waals surface area contributed by atoms with Crippen LogP contribution in [0, 0.1) is 13.8 Å². The molecule has 0 radical (unpaired) electrons. The summed E-state index contributed by atoms with van der Waals surface area (Å²) in [6, 6.07) is 9.85. The Morgan fingerprint density at radius 2 is 1.79 bits per heavy atom. The van der Waals surface area contributed by atoms with Gasteiger partial charge in [-0.25, -0.2) is 0 Å². The minimum Gasteiger partial charge on any atom is -0.463 e. The molecule has 1 aliphatic heterocycles. The zero-order valence-corrected chi connectivity index (χ0v) is 19.8. The van der Waals surface area contributed by atoms with Crippen molar-refractivity contribution in [3.63, 3.8) is 0 Å². The number of furan rings is 1. The maximum atomic E-state index is 14.0. The van der Waals surface area contributed by atoms with E-state index in [1.54, 1.807) is 17.2 Å². The van der Waals surface area contributed by atoms with Crippen LogP contribution in [0.5, 0.6) is 0 Å². The van der Waals surface area contributed by atoms with Gasteiger partial charge in [0.15, 0.2) is 5.58 Å². The molecule has 1 aliphatic carbocycles. The van der Waals surface area contributed by atoms with E-state index in [0.717, 1.165) is 48.0 Å². The number of fused-ring (bicyclic) bond motifs is 3. The number of anilines is 1. The van der Waals surface area contributed by atoms with Gasteiger partial charge in [-0.2, -0.15) is 0 Å². The van der Waals surface area contributed by atoms with Gasteiger partial charge in [-0.05, 0) is 45.2 Å². The molecule has 1 N–H and O–H groups in total. The zero-order chi connectivity index (χ0) is 23.2. The minimum atomic E-state index is -1.06. The maximum absolute atomic E-state index is 14.0. The van der Waals surface area contributed by atoms with E-state index >= 15 is 0 Å². The highest BCUT2D eigenvalue weighted by molar-refractivity contribution is 6.14. The van der Waals surface area contributed by atoms with Crippen molar-refractivity contribution in [1.82, 2.24) is 9.88 Å². The summed E-state index contributed by atoms with van der Waals surface area (Å²) < 4.78 is 7.53. The van der Waals surface area contributed by atoms with Crippen LogP contribution in [0.4, 0.5) is 5.69 Å². The van der Waals surface area contributed by atoms with Crippen LogP contribution in [0.2, 0.25) is 0 Å². The number of benzene rings is 1. The molecule has 1 atom stereocenters. The van der Waals surface area contributed by atoms with Gasteiger partial charge in [-0.15, -0.1) is 0 Å². The number of aromatic nitrogens is 1. The van der Waals surface area contributed by atoms with Crippen LogP contribution in [-0.2, 0) is 11.3 Å². The van der Waals surface area contributed by atoms with Crippen molar-refractivity contribution in [2.24, 2.45) is 0 Å². The third kappa shape index (κ3) is 3.75. The second kappa shape index (κ2) is 8.40. The molecule has 174 valence electrons. The van der Waals surface area contributed by atoms with E-state index in [-0.39, 0.29) is 17.9 Å². The maximum Gasteiger partial charge on any atom is 0.276 e. The Morgan fingerprint density at radius 1 is 1.06 bits per heavy atom. The first-order chi connectivity index (χ1) is 15.9. The molecule has 0 saturated heterocycles. The number of nitrogens with zero attached hydrogens (tertiary/aromatic N) is 2. The van der Waals surface area contributed by atoms with Gasteiger partial charge in [0, 0.05) is 23.9 Å². The quantitative estimate of drug-likeness (QED) is 0.576. The molecule has 6 heteroatoms. The van der Waals surface area contributed by atoms with Crippen molar-refractivity contribution >= 4 is 28.6 Å². The molecule has 3 aromatic rings. The van der Waals surface area contributed by atoms with E-state index in [2.05, 4.69) is 11.4 Å². The highest BCUT2D eigenvalue weighted by Gasteiger charge is 2.49. The van der Waals surface area contributed by atoms with Crippen LogP contribution < -0.4 is 10.2 Å². The molecular weight excluding hydrogens is 414 g/mol. The van der Waals surface area contributed by atoms with Crippen molar-refractivity contribution < 1.29 is 14.0 Å². The van der Waals surface area contributed by atoms with Crippen molar-refractivity contribution in [1.29, 1.82) is 0 Å². The molecule has 6 nitrogen and oxygen atoms in total. The molecule has 1 saturated carbocycles. The fraction of sp³-hybridized carbons (Fsp3) is 0.481. The SMILES string of the molecule is Cc1ccc(N2C(=O)c3cc4occc4n3C[C@]2(C)C(=O)NC2CCCCCCC2)c(C)c1. The summed E-state index contributed by atoms with van der Waals surface area (Å²) in [5, 5.41) is 3.34. The molecule has 1 aromatic carbocycles. The van der Waals surface area contributed by atoms with E-state index in [1.807, 2.05) is 43.5 Å². The smallest absolute Gasteiger partial charge is 0.276 e. The van der Waals surface area contributed by atoms with Crippen LogP contribution >= 0.6 is 0 Å². The number of carbonyl (C=O) groups is 2. The Hall–Kier alpha value is -3.02. The number of carbonyl (C=O) groups excluding carboxylic acids is 2. The minimum absolute atomic E-state index is 0.0857. The highest BCUT2D eigenvalue weighted by Crippen LogP contribution is 2.38. The largest absolute Gasteiger partial charge is 0.463 e. The third-order valence-electron chi connectivity index (χ3n) is 7.43. The Bertz CT molecular complexity index is 1200. The van der Waals surface area contributed by atoms with E-state index < -0.39 is 5.54 Å². The van der Waals surface area contributed by atoms with E-state index in [9.17, 15) is 9.59 Å². The molecule has 33 heavy (non-hydrogen) atoms. The van der Waals surface area contributed by atoms with Gasteiger partial charge in [-0.3, -0.25) is 14.5 Å². The Labute approximate surface area is 194 Å². The summed E-state index contributed by atoms with van der Waals surface area (Å²) in [4.78, 5) is 29.6. The monoisotopic (exact) mass is 447 g/mol. The summed E-state index contributed by atoms with van der Waals surface area (Å²) in [7, 11) is 0. The lowest BCUT2D eigenvalue weighted by Gasteiger charge is -2.45. The lowest BCUT2D eigenvalue weighted by molar-refractivity contribution is -0.127. The summed E-state index contributed by atoms with van der Waals surface area (Å²) in [6.07, 6.45) is 9.64. The third-order valence-corrected chi connectivity index (χ3v) is 7.43. The molecule has 5 rings (SSSR count). The number of rotatable bonds is 3. The predicted octanol–water partition coefficient (Wildman–Crippen LogP) is 5.50. The lowest BCUT2D eigenvalue weighted by atomic mass is 9.91. The van der Waals surface area contributed by atoms with Crippen LogP contribution in [0.1, 0.15) is 73.5 Å². The van der Waals surface area contributed by atoms with Crippen LogP contribution in [0.25, 0.3) is 11.1 Å². The van der Waals surface area contributed by atoms with Crippen molar-refractivity contribution in [3.05, 3.63) is 53.4 Å². The molecule has 0 bridgehead atoms. The van der Waals surface area contributed by atoms with Crippen LogP contribution in [-0.4, -0.2) is 28.0 Å². The normalized spacial score (nSPS) is 22.2. The topological polar surface area (TPSA) is 67.5 Å². The van der Waals surface area contributed by atoms with Gasteiger partial charge in [-0.1, -0.05) is 49.8 Å². The molecule has 2 aromatic heterocycles. The van der Waals surface area contributed by atoms with Crippen molar-refractivity contribution in [2.45, 2.75) is 83.8 Å². The predicted molar refractivity (Wildman–Crippen MR) is 130 cm³/mol. The number of hydrogen-bond donors (Lipinski definition) is 1. The Morgan fingerprint density at radius 3 is 2.52 bits per heavy atom. The molecule has 0 spiro atoms. The molecule has 0 unspecified atom stereocenters. The van der Waals surface area contributed by atoms with Gasteiger partial charge < -0.3 is 14.3 Å². The average Bonchev–Trinajstić information content (AvgIpc) is 3.34. The molecular formula is C27H33N3O3. The average molecular weight is 448 g/mol. The number of hydrogen-bond acceptors (Lipinski definition) is 3. The second-order valence-corrected chi connectivity index (χ2v) is 10.0. The summed E-state index contributed by atoms with van der Waals surface area (Å²) in [6.45, 7) is 6.32. The standard InChI is InChI=1S/C27H33N3O3/c1-18-11-12-21(19(2)15-18)30-25(31)23-16-24-22(13-14-33-24)29(23)17-27(30,3)26(32)28-20-9-7-5-4-6-8-10-20/h11-16,20H,4-10,17H2,1-3H3,(H,28,32)/t27-/m1/s1. The van der Waals surface area contributed by atoms with Crippen LogP contribution in [0.15, 0.2) is 41.0 Å². The van der Waals surface area contributed by atoms with E-state index in [1.165, 1.54) is 19.3 Å². The summed E-state index contributed by atoms with van der Waals surface area (Å²) in [5.41, 5.74) is 3.91. The first-order valence-electron chi connectivity index (χ1n) is 12.2. The fourth-order valence-corrected chi connectivity index (χ4v) is 5.59. The molecule has 3 heterocycles. The van der Waals surface area contributed by atoms with Gasteiger partial charge in [0.2, 0.25) is 5.91 Å². The van der Waals surface area contributed by atoms with Crippen molar-refractivity contribution in [3.8, 4) is 0 Å². The molecule has 2 aliphatic rings. The number of amides is 2. The first-order valence-corrected chi connectivity index (χ1v) is 12.2. The van der Waals surface area contributed by atoms with Gasteiger partial charge >= 0.3 is 0 Å². The summed E-state index contributed by atoms with van der Waals surface area (Å²) >= 11 is 0. The highest BCUT2D eigenvalue weighted by atomic mass is 16.3.